The van der Waals surface area contributed by atoms with E-state index in [9.17, 15) is 4.79 Å². The lowest BCUT2D eigenvalue weighted by molar-refractivity contribution is 0.0923. The predicted molar refractivity (Wildman–Crippen MR) is 103 cm³/mol. The molecular formula is C21H23N3O3. The second-order valence-corrected chi connectivity index (χ2v) is 7.05. The number of benzene rings is 2. The van der Waals surface area contributed by atoms with Crippen LogP contribution in [0, 0.1) is 5.92 Å². The van der Waals surface area contributed by atoms with Crippen LogP contribution in [-0.4, -0.2) is 29.1 Å². The van der Waals surface area contributed by atoms with Gasteiger partial charge in [-0.25, -0.2) is 4.98 Å². The van der Waals surface area contributed by atoms with Crippen molar-refractivity contribution in [3.63, 3.8) is 0 Å². The number of fused-ring (bicyclic) bond motifs is 2. The maximum atomic E-state index is 12.9. The number of imidazole rings is 1. The second-order valence-electron chi connectivity index (χ2n) is 7.05. The average Bonchev–Trinajstić information content (AvgIpc) is 2.95. The van der Waals surface area contributed by atoms with Gasteiger partial charge in [0.1, 0.15) is 5.82 Å². The van der Waals surface area contributed by atoms with Gasteiger partial charge in [-0.15, -0.1) is 0 Å². The van der Waals surface area contributed by atoms with E-state index < -0.39 is 0 Å². The molecule has 4 rings (SSSR count). The molecule has 0 saturated heterocycles. The Balaban J connectivity index is 1.58. The van der Waals surface area contributed by atoms with Crippen molar-refractivity contribution >= 4 is 16.9 Å². The Labute approximate surface area is 157 Å². The molecule has 27 heavy (non-hydrogen) atoms. The van der Waals surface area contributed by atoms with Gasteiger partial charge in [0.05, 0.1) is 30.3 Å². The third kappa shape index (κ3) is 3.60. The first-order valence-corrected chi connectivity index (χ1v) is 9.27. The van der Waals surface area contributed by atoms with E-state index in [-0.39, 0.29) is 17.9 Å². The predicted octanol–water partition coefficient (Wildman–Crippen LogP) is 3.85. The van der Waals surface area contributed by atoms with Crippen molar-refractivity contribution in [3.8, 4) is 11.5 Å². The summed E-state index contributed by atoms with van der Waals surface area (Å²) >= 11 is 0. The fourth-order valence-electron chi connectivity index (χ4n) is 3.20. The standard InChI is InChI=1S/C21H23N3O3/c1-13(2)19(20-22-15-6-3-4-7-16(15)23-20)24-21(25)14-8-9-17-18(12-14)27-11-5-10-26-17/h3-4,6-9,12-13,19H,5,10-11H2,1-2H3,(H,22,23)(H,24,25)/t19-/m0/s1. The van der Waals surface area contributed by atoms with Crippen LogP contribution in [0.1, 0.15) is 42.5 Å². The van der Waals surface area contributed by atoms with E-state index in [4.69, 9.17) is 9.47 Å². The Morgan fingerprint density at radius 3 is 2.67 bits per heavy atom. The Kier molecular flexibility index (Phi) is 4.71. The van der Waals surface area contributed by atoms with Gasteiger partial charge in [-0.05, 0) is 36.2 Å². The molecule has 0 spiro atoms. The summed E-state index contributed by atoms with van der Waals surface area (Å²) in [6.07, 6.45) is 0.831. The van der Waals surface area contributed by atoms with Gasteiger partial charge in [0, 0.05) is 12.0 Å². The molecule has 1 aromatic heterocycles. The lowest BCUT2D eigenvalue weighted by Crippen LogP contribution is -2.32. The minimum absolute atomic E-state index is 0.162. The topological polar surface area (TPSA) is 76.2 Å². The minimum Gasteiger partial charge on any atom is -0.490 e. The molecule has 3 aromatic rings. The van der Waals surface area contributed by atoms with Gasteiger partial charge >= 0.3 is 0 Å². The maximum absolute atomic E-state index is 12.9. The number of H-pyrrole nitrogens is 1. The first-order valence-electron chi connectivity index (χ1n) is 9.27. The van der Waals surface area contributed by atoms with Crippen LogP contribution in [0.5, 0.6) is 11.5 Å². The molecule has 1 amide bonds. The Hall–Kier alpha value is -3.02. The first kappa shape index (κ1) is 17.4. The normalized spacial score (nSPS) is 14.8. The number of aromatic amines is 1. The second kappa shape index (κ2) is 7.31. The Morgan fingerprint density at radius 2 is 1.89 bits per heavy atom. The Morgan fingerprint density at radius 1 is 1.11 bits per heavy atom. The summed E-state index contributed by atoms with van der Waals surface area (Å²) in [7, 11) is 0. The van der Waals surface area contributed by atoms with Gasteiger partial charge in [0.25, 0.3) is 5.91 Å². The molecule has 2 N–H and O–H groups in total. The fourth-order valence-corrected chi connectivity index (χ4v) is 3.20. The molecule has 0 fully saturated rings. The molecular weight excluding hydrogens is 342 g/mol. The van der Waals surface area contributed by atoms with Gasteiger partial charge in [0.15, 0.2) is 11.5 Å². The highest BCUT2D eigenvalue weighted by Crippen LogP contribution is 2.31. The van der Waals surface area contributed by atoms with Crippen LogP contribution in [0.3, 0.4) is 0 Å². The average molecular weight is 365 g/mol. The molecule has 0 unspecified atom stereocenters. The highest BCUT2D eigenvalue weighted by atomic mass is 16.5. The summed E-state index contributed by atoms with van der Waals surface area (Å²) in [5, 5.41) is 3.10. The molecule has 0 radical (unpaired) electrons. The van der Waals surface area contributed by atoms with Gasteiger partial charge < -0.3 is 19.8 Å². The van der Waals surface area contributed by atoms with Crippen LogP contribution < -0.4 is 14.8 Å². The quantitative estimate of drug-likeness (QED) is 0.736. The van der Waals surface area contributed by atoms with E-state index in [1.54, 1.807) is 18.2 Å². The van der Waals surface area contributed by atoms with Crippen molar-refractivity contribution in [1.29, 1.82) is 0 Å². The number of carbonyl (C=O) groups excluding carboxylic acids is 1. The molecule has 2 aromatic carbocycles. The van der Waals surface area contributed by atoms with Gasteiger partial charge in [-0.2, -0.15) is 0 Å². The monoisotopic (exact) mass is 365 g/mol. The highest BCUT2D eigenvalue weighted by Gasteiger charge is 2.23. The summed E-state index contributed by atoms with van der Waals surface area (Å²) in [5.74, 6) is 2.07. The van der Waals surface area contributed by atoms with Crippen LogP contribution in [0.25, 0.3) is 11.0 Å². The minimum atomic E-state index is -0.221. The molecule has 1 atom stereocenters. The largest absolute Gasteiger partial charge is 0.490 e. The number of carbonyl (C=O) groups is 1. The van der Waals surface area contributed by atoms with Crippen LogP contribution in [-0.2, 0) is 0 Å². The van der Waals surface area contributed by atoms with Gasteiger partial charge in [-0.3, -0.25) is 4.79 Å². The SMILES string of the molecule is CC(C)[C@H](NC(=O)c1ccc2c(c1)OCCCO2)c1nc2ccccc2[nH]1. The van der Waals surface area contributed by atoms with Crippen LogP contribution in [0.2, 0.25) is 0 Å². The van der Waals surface area contributed by atoms with Crippen LogP contribution >= 0.6 is 0 Å². The number of para-hydroxylation sites is 2. The summed E-state index contributed by atoms with van der Waals surface area (Å²) in [5.41, 5.74) is 2.40. The van der Waals surface area contributed by atoms with E-state index >= 15 is 0 Å². The van der Waals surface area contributed by atoms with Crippen molar-refractivity contribution in [3.05, 3.63) is 53.9 Å². The van der Waals surface area contributed by atoms with Crippen molar-refractivity contribution in [2.45, 2.75) is 26.3 Å². The molecule has 0 bridgehead atoms. The first-order chi connectivity index (χ1) is 13.1. The molecule has 1 aliphatic heterocycles. The molecule has 140 valence electrons. The van der Waals surface area contributed by atoms with Crippen molar-refractivity contribution < 1.29 is 14.3 Å². The van der Waals surface area contributed by atoms with Gasteiger partial charge in [-0.1, -0.05) is 26.0 Å². The summed E-state index contributed by atoms with van der Waals surface area (Å²) in [4.78, 5) is 20.8. The van der Waals surface area contributed by atoms with E-state index in [0.29, 0.717) is 30.3 Å². The number of amides is 1. The van der Waals surface area contributed by atoms with E-state index in [1.165, 1.54) is 0 Å². The fraction of sp³-hybridized carbons (Fsp3) is 0.333. The maximum Gasteiger partial charge on any atom is 0.252 e. The molecule has 6 nitrogen and oxygen atoms in total. The summed E-state index contributed by atoms with van der Waals surface area (Å²) in [6.45, 7) is 5.34. The summed E-state index contributed by atoms with van der Waals surface area (Å²) in [6, 6.07) is 12.9. The van der Waals surface area contributed by atoms with E-state index in [2.05, 4.69) is 29.1 Å². The third-order valence-corrected chi connectivity index (χ3v) is 4.67. The zero-order chi connectivity index (χ0) is 18.8. The molecule has 2 heterocycles. The molecule has 0 saturated carbocycles. The van der Waals surface area contributed by atoms with Crippen LogP contribution in [0.15, 0.2) is 42.5 Å². The van der Waals surface area contributed by atoms with E-state index in [1.807, 2.05) is 24.3 Å². The smallest absolute Gasteiger partial charge is 0.252 e. The number of nitrogens with one attached hydrogen (secondary N) is 2. The number of nitrogens with zero attached hydrogens (tertiary/aromatic N) is 1. The number of ether oxygens (including phenoxy) is 2. The highest BCUT2D eigenvalue weighted by molar-refractivity contribution is 5.95. The van der Waals surface area contributed by atoms with Crippen molar-refractivity contribution in [1.82, 2.24) is 15.3 Å². The number of aromatic nitrogens is 2. The number of hydrogen-bond donors (Lipinski definition) is 2. The molecule has 1 aliphatic rings. The summed E-state index contributed by atoms with van der Waals surface area (Å²) < 4.78 is 11.3. The zero-order valence-electron chi connectivity index (χ0n) is 15.5. The number of rotatable bonds is 4. The lowest BCUT2D eigenvalue weighted by Gasteiger charge is -2.20. The van der Waals surface area contributed by atoms with E-state index in [0.717, 1.165) is 23.3 Å². The van der Waals surface area contributed by atoms with Gasteiger partial charge in [0.2, 0.25) is 0 Å². The van der Waals surface area contributed by atoms with Crippen molar-refractivity contribution in [2.75, 3.05) is 13.2 Å². The van der Waals surface area contributed by atoms with Crippen LogP contribution in [0.4, 0.5) is 0 Å². The zero-order valence-corrected chi connectivity index (χ0v) is 15.5. The number of hydrogen-bond acceptors (Lipinski definition) is 4. The molecule has 6 heteroatoms. The Bertz CT molecular complexity index is 931. The third-order valence-electron chi connectivity index (χ3n) is 4.67. The molecule has 0 aliphatic carbocycles. The lowest BCUT2D eigenvalue weighted by atomic mass is 10.0. The van der Waals surface area contributed by atoms with Crippen molar-refractivity contribution in [2.24, 2.45) is 5.92 Å².